The van der Waals surface area contributed by atoms with Crippen LogP contribution in [-0.4, -0.2) is 27.0 Å². The molecule has 0 spiro atoms. The third-order valence-electron chi connectivity index (χ3n) is 2.70. The molecule has 19 heavy (non-hydrogen) atoms. The van der Waals surface area contributed by atoms with Crippen molar-refractivity contribution < 1.29 is 4.74 Å². The maximum absolute atomic E-state index is 5.06. The van der Waals surface area contributed by atoms with Gasteiger partial charge in [-0.3, -0.25) is 9.97 Å². The van der Waals surface area contributed by atoms with Gasteiger partial charge in [-0.15, -0.1) is 0 Å². The molecule has 2 aromatic heterocycles. The van der Waals surface area contributed by atoms with Crippen molar-refractivity contribution in [1.29, 1.82) is 0 Å². The molecule has 0 aliphatic rings. The van der Waals surface area contributed by atoms with Gasteiger partial charge in [0.05, 0.1) is 12.6 Å². The summed E-state index contributed by atoms with van der Waals surface area (Å²) in [6.07, 6.45) is 1.77. The number of nitrogens with one attached hydrogen (secondary N) is 1. The van der Waals surface area contributed by atoms with Gasteiger partial charge in [0.25, 0.3) is 6.01 Å². The van der Waals surface area contributed by atoms with Crippen molar-refractivity contribution in [3.63, 3.8) is 0 Å². The number of fused-ring (bicyclic) bond motifs is 1. The van der Waals surface area contributed by atoms with Crippen LogP contribution in [0, 0.1) is 4.77 Å². The normalized spacial score (nSPS) is 10.6. The molecule has 0 atom stereocenters. The monoisotopic (exact) mass is 270 g/mol. The Hall–Kier alpha value is -2.34. The van der Waals surface area contributed by atoms with Gasteiger partial charge in [-0.1, -0.05) is 6.07 Å². The summed E-state index contributed by atoms with van der Waals surface area (Å²) >= 11 is 5.01. The van der Waals surface area contributed by atoms with Crippen LogP contribution in [0.25, 0.3) is 22.3 Å². The van der Waals surface area contributed by atoms with Crippen LogP contribution in [0.3, 0.4) is 0 Å². The van der Waals surface area contributed by atoms with Crippen molar-refractivity contribution in [3.8, 4) is 17.4 Å². The number of pyridine rings is 1. The Morgan fingerprint density at radius 2 is 2.11 bits per heavy atom. The van der Waals surface area contributed by atoms with E-state index in [9.17, 15) is 0 Å². The molecule has 0 radical (unpaired) electrons. The van der Waals surface area contributed by atoms with E-state index in [2.05, 4.69) is 19.9 Å². The highest BCUT2D eigenvalue weighted by Gasteiger charge is 2.05. The predicted octanol–water partition coefficient (Wildman–Crippen LogP) is 2.76. The average molecular weight is 270 g/mol. The summed E-state index contributed by atoms with van der Waals surface area (Å²) in [5.74, 6) is 0.627. The molecule has 0 unspecified atom stereocenters. The number of methoxy groups -OCH3 is 1. The molecule has 1 aromatic carbocycles. The molecule has 1 N–H and O–H groups in total. The molecule has 0 fully saturated rings. The van der Waals surface area contributed by atoms with Gasteiger partial charge in [0.2, 0.25) is 4.77 Å². The fourth-order valence-electron chi connectivity index (χ4n) is 1.82. The molecule has 94 valence electrons. The van der Waals surface area contributed by atoms with E-state index in [4.69, 9.17) is 17.0 Å². The molecule has 0 saturated heterocycles. The summed E-state index contributed by atoms with van der Waals surface area (Å²) in [5, 5.41) is 1.04. The first-order chi connectivity index (χ1) is 9.26. The number of hydrogen-bond donors (Lipinski definition) is 1. The van der Waals surface area contributed by atoms with Crippen molar-refractivity contribution >= 4 is 23.1 Å². The molecular formula is C13H10N4OS. The Morgan fingerprint density at radius 1 is 1.21 bits per heavy atom. The van der Waals surface area contributed by atoms with E-state index in [1.54, 1.807) is 6.20 Å². The minimum atomic E-state index is 0.247. The summed E-state index contributed by atoms with van der Waals surface area (Å²) in [7, 11) is 1.53. The van der Waals surface area contributed by atoms with Gasteiger partial charge in [-0.2, -0.15) is 4.98 Å². The minimum absolute atomic E-state index is 0.247. The lowest BCUT2D eigenvalue weighted by Crippen LogP contribution is -1.97. The van der Waals surface area contributed by atoms with E-state index >= 15 is 0 Å². The number of aromatic nitrogens is 4. The Bertz CT molecular complexity index is 800. The van der Waals surface area contributed by atoms with Gasteiger partial charge in [0.1, 0.15) is 5.82 Å². The molecule has 3 aromatic rings. The van der Waals surface area contributed by atoms with Crippen LogP contribution < -0.4 is 4.74 Å². The highest BCUT2D eigenvalue weighted by atomic mass is 32.1. The van der Waals surface area contributed by atoms with E-state index < -0.39 is 0 Å². The van der Waals surface area contributed by atoms with E-state index in [-0.39, 0.29) is 4.77 Å². The van der Waals surface area contributed by atoms with Crippen molar-refractivity contribution in [2.75, 3.05) is 7.11 Å². The molecule has 3 rings (SSSR count). The zero-order valence-corrected chi connectivity index (χ0v) is 10.9. The van der Waals surface area contributed by atoms with E-state index in [0.29, 0.717) is 11.8 Å². The first kappa shape index (κ1) is 11.7. The standard InChI is InChI=1S/C13H10N4OS/c1-18-12-15-11(16-13(19)17-12)9-4-5-10-8(7-9)3-2-6-14-10/h2-7H,1H3,(H,15,16,17,19). The second-order valence-electron chi connectivity index (χ2n) is 3.90. The summed E-state index contributed by atoms with van der Waals surface area (Å²) in [5.41, 5.74) is 1.85. The molecule has 0 amide bonds. The maximum Gasteiger partial charge on any atom is 0.297 e. The first-order valence-corrected chi connectivity index (χ1v) is 6.04. The van der Waals surface area contributed by atoms with Gasteiger partial charge < -0.3 is 4.74 Å². The SMILES string of the molecule is COc1nc(=S)nc(-c2ccc3ncccc3c2)[nH]1. The van der Waals surface area contributed by atoms with E-state index in [0.717, 1.165) is 16.5 Å². The van der Waals surface area contributed by atoms with Crippen molar-refractivity contribution in [2.24, 2.45) is 0 Å². The fourth-order valence-corrected chi connectivity index (χ4v) is 2.00. The Balaban J connectivity index is 2.18. The van der Waals surface area contributed by atoms with Crippen molar-refractivity contribution in [2.45, 2.75) is 0 Å². The summed E-state index contributed by atoms with van der Waals surface area (Å²) in [6.45, 7) is 0. The van der Waals surface area contributed by atoms with Gasteiger partial charge in [0, 0.05) is 17.1 Å². The van der Waals surface area contributed by atoms with Gasteiger partial charge >= 0.3 is 0 Å². The van der Waals surface area contributed by atoms with Crippen LogP contribution >= 0.6 is 12.2 Å². The van der Waals surface area contributed by atoms with Gasteiger partial charge in [-0.05, 0) is 36.5 Å². The lowest BCUT2D eigenvalue weighted by molar-refractivity contribution is 0.378. The highest BCUT2D eigenvalue weighted by Crippen LogP contribution is 2.21. The number of hydrogen-bond acceptors (Lipinski definition) is 5. The smallest absolute Gasteiger partial charge is 0.297 e. The van der Waals surface area contributed by atoms with Crippen molar-refractivity contribution in [1.82, 2.24) is 19.9 Å². The Morgan fingerprint density at radius 3 is 2.95 bits per heavy atom. The molecule has 5 nitrogen and oxygen atoms in total. The molecule has 0 saturated carbocycles. The van der Waals surface area contributed by atoms with Gasteiger partial charge in [0.15, 0.2) is 0 Å². The van der Waals surface area contributed by atoms with Gasteiger partial charge in [-0.25, -0.2) is 4.98 Å². The predicted molar refractivity (Wildman–Crippen MR) is 74.5 cm³/mol. The molecule has 6 heteroatoms. The number of benzene rings is 1. The third-order valence-corrected chi connectivity index (χ3v) is 2.88. The molecule has 0 bridgehead atoms. The summed E-state index contributed by atoms with van der Waals surface area (Å²) in [6, 6.07) is 10.1. The summed E-state index contributed by atoms with van der Waals surface area (Å²) in [4.78, 5) is 15.4. The van der Waals surface area contributed by atoms with E-state index in [1.807, 2.05) is 30.3 Å². The largest absolute Gasteiger partial charge is 0.468 e. The zero-order valence-electron chi connectivity index (χ0n) is 10.1. The van der Waals surface area contributed by atoms with Crippen molar-refractivity contribution in [3.05, 3.63) is 41.3 Å². The minimum Gasteiger partial charge on any atom is -0.468 e. The zero-order chi connectivity index (χ0) is 13.2. The maximum atomic E-state index is 5.06. The lowest BCUT2D eigenvalue weighted by atomic mass is 10.1. The van der Waals surface area contributed by atoms with Crippen LogP contribution in [0.4, 0.5) is 0 Å². The van der Waals surface area contributed by atoms with Crippen LogP contribution in [0.15, 0.2) is 36.5 Å². The summed E-state index contributed by atoms with van der Waals surface area (Å²) < 4.78 is 5.31. The molecule has 2 heterocycles. The first-order valence-electron chi connectivity index (χ1n) is 5.64. The average Bonchev–Trinajstić information content (AvgIpc) is 2.46. The van der Waals surface area contributed by atoms with Crippen LogP contribution in [0.2, 0.25) is 0 Å². The number of H-pyrrole nitrogens is 1. The molecule has 0 aliphatic heterocycles. The van der Waals surface area contributed by atoms with Crippen LogP contribution in [0.5, 0.6) is 6.01 Å². The fraction of sp³-hybridized carbons (Fsp3) is 0.0769. The second kappa shape index (κ2) is 4.74. The topological polar surface area (TPSA) is 63.7 Å². The number of aromatic amines is 1. The van der Waals surface area contributed by atoms with Crippen LogP contribution in [0.1, 0.15) is 0 Å². The lowest BCUT2D eigenvalue weighted by Gasteiger charge is -2.05. The quantitative estimate of drug-likeness (QED) is 0.725. The molecule has 0 aliphatic carbocycles. The second-order valence-corrected chi connectivity index (χ2v) is 4.27. The van der Waals surface area contributed by atoms with Crippen LogP contribution in [-0.2, 0) is 0 Å². The third kappa shape index (κ3) is 2.30. The highest BCUT2D eigenvalue weighted by molar-refractivity contribution is 7.71. The number of ether oxygens (including phenoxy) is 1. The van der Waals surface area contributed by atoms with E-state index in [1.165, 1.54) is 7.11 Å². The number of nitrogens with zero attached hydrogens (tertiary/aromatic N) is 3. The Labute approximate surface area is 114 Å². The Kier molecular flexibility index (Phi) is 2.92. The number of rotatable bonds is 2. The molecular weight excluding hydrogens is 260 g/mol.